The maximum Gasteiger partial charge on any atom is 0.387 e. The number of anilines is 1. The summed E-state index contributed by atoms with van der Waals surface area (Å²) in [6, 6.07) is 5.37. The Morgan fingerprint density at radius 1 is 1.33 bits per heavy atom. The molecule has 1 saturated heterocycles. The zero-order valence-electron chi connectivity index (χ0n) is 11.0. The molecule has 1 heterocycles. The van der Waals surface area contributed by atoms with Crippen molar-refractivity contribution in [1.82, 2.24) is 4.31 Å². The SMILES string of the molecule is O=C(CN1CCCS1(=O)=O)Nc1ccc(OC(F)F)cc1. The van der Waals surface area contributed by atoms with Crippen LogP contribution in [-0.4, -0.2) is 44.1 Å². The topological polar surface area (TPSA) is 75.7 Å². The van der Waals surface area contributed by atoms with Gasteiger partial charge in [-0.3, -0.25) is 4.79 Å². The number of sulfonamides is 1. The second kappa shape index (κ2) is 6.35. The van der Waals surface area contributed by atoms with Gasteiger partial charge < -0.3 is 10.1 Å². The van der Waals surface area contributed by atoms with Crippen LogP contribution in [0.2, 0.25) is 0 Å². The van der Waals surface area contributed by atoms with E-state index in [4.69, 9.17) is 0 Å². The zero-order valence-corrected chi connectivity index (χ0v) is 11.8. The van der Waals surface area contributed by atoms with E-state index in [0.717, 1.165) is 4.31 Å². The van der Waals surface area contributed by atoms with Gasteiger partial charge in [0.1, 0.15) is 5.75 Å². The van der Waals surface area contributed by atoms with Crippen molar-refractivity contribution >= 4 is 21.6 Å². The second-order valence-corrected chi connectivity index (χ2v) is 6.54. The number of carbonyl (C=O) groups excluding carboxylic acids is 1. The first-order valence-electron chi connectivity index (χ1n) is 6.19. The van der Waals surface area contributed by atoms with Crippen molar-refractivity contribution in [1.29, 1.82) is 0 Å². The van der Waals surface area contributed by atoms with Crippen LogP contribution in [0.4, 0.5) is 14.5 Å². The molecule has 0 aromatic heterocycles. The van der Waals surface area contributed by atoms with Crippen molar-refractivity contribution in [2.24, 2.45) is 0 Å². The smallest absolute Gasteiger partial charge is 0.387 e. The molecule has 1 amide bonds. The lowest BCUT2D eigenvalue weighted by molar-refractivity contribution is -0.116. The van der Waals surface area contributed by atoms with Gasteiger partial charge >= 0.3 is 6.61 Å². The summed E-state index contributed by atoms with van der Waals surface area (Å²) < 4.78 is 52.4. The van der Waals surface area contributed by atoms with Gasteiger partial charge in [0, 0.05) is 12.2 Å². The van der Waals surface area contributed by atoms with Gasteiger partial charge in [0.2, 0.25) is 15.9 Å². The van der Waals surface area contributed by atoms with E-state index in [1.807, 2.05) is 0 Å². The second-order valence-electron chi connectivity index (χ2n) is 4.45. The van der Waals surface area contributed by atoms with Crippen LogP contribution in [0.1, 0.15) is 6.42 Å². The molecule has 0 saturated carbocycles. The molecule has 0 spiro atoms. The first-order valence-corrected chi connectivity index (χ1v) is 7.80. The Bertz CT molecular complexity index is 604. The third-order valence-electron chi connectivity index (χ3n) is 2.89. The van der Waals surface area contributed by atoms with Crippen LogP contribution in [0.25, 0.3) is 0 Å². The molecule has 0 aliphatic carbocycles. The number of ether oxygens (including phenoxy) is 1. The van der Waals surface area contributed by atoms with E-state index in [-0.39, 0.29) is 18.0 Å². The van der Waals surface area contributed by atoms with Gasteiger partial charge in [-0.25, -0.2) is 8.42 Å². The summed E-state index contributed by atoms with van der Waals surface area (Å²) in [5.74, 6) is -0.451. The van der Waals surface area contributed by atoms with Crippen molar-refractivity contribution in [3.8, 4) is 5.75 Å². The van der Waals surface area contributed by atoms with E-state index in [1.165, 1.54) is 24.3 Å². The molecule has 1 aliphatic heterocycles. The van der Waals surface area contributed by atoms with E-state index >= 15 is 0 Å². The minimum atomic E-state index is -3.33. The Labute approximate surface area is 120 Å². The molecule has 0 unspecified atom stereocenters. The normalized spacial score (nSPS) is 17.9. The number of hydrogen-bond donors (Lipinski definition) is 1. The summed E-state index contributed by atoms with van der Waals surface area (Å²) in [5, 5.41) is 2.50. The van der Waals surface area contributed by atoms with E-state index < -0.39 is 22.5 Å². The summed E-state index contributed by atoms with van der Waals surface area (Å²) in [4.78, 5) is 11.8. The van der Waals surface area contributed by atoms with E-state index in [0.29, 0.717) is 18.7 Å². The molecule has 21 heavy (non-hydrogen) atoms. The molecule has 1 fully saturated rings. The average molecular weight is 320 g/mol. The van der Waals surface area contributed by atoms with Crippen LogP contribution < -0.4 is 10.1 Å². The van der Waals surface area contributed by atoms with Gasteiger partial charge in [-0.05, 0) is 30.7 Å². The van der Waals surface area contributed by atoms with Crippen LogP contribution in [0.15, 0.2) is 24.3 Å². The van der Waals surface area contributed by atoms with Crippen LogP contribution in [0.3, 0.4) is 0 Å². The monoisotopic (exact) mass is 320 g/mol. The number of amides is 1. The molecular weight excluding hydrogens is 306 g/mol. The van der Waals surface area contributed by atoms with Crippen molar-refractivity contribution < 1.29 is 26.7 Å². The summed E-state index contributed by atoms with van der Waals surface area (Å²) in [5.41, 5.74) is 0.373. The highest BCUT2D eigenvalue weighted by Gasteiger charge is 2.29. The predicted molar refractivity (Wildman–Crippen MR) is 71.7 cm³/mol. The Balaban J connectivity index is 1.91. The summed E-state index contributed by atoms with van der Waals surface area (Å²) >= 11 is 0. The van der Waals surface area contributed by atoms with Gasteiger partial charge in [-0.2, -0.15) is 13.1 Å². The number of carbonyl (C=O) groups is 1. The lowest BCUT2D eigenvalue weighted by Gasteiger charge is -2.14. The molecule has 1 aromatic carbocycles. The molecule has 9 heteroatoms. The number of rotatable bonds is 5. The number of benzene rings is 1. The largest absolute Gasteiger partial charge is 0.435 e. The van der Waals surface area contributed by atoms with Crippen LogP contribution >= 0.6 is 0 Å². The quantitative estimate of drug-likeness (QED) is 0.886. The van der Waals surface area contributed by atoms with E-state index in [9.17, 15) is 22.0 Å². The minimum absolute atomic E-state index is 0.0230. The van der Waals surface area contributed by atoms with Crippen LogP contribution in [-0.2, 0) is 14.8 Å². The number of hydrogen-bond acceptors (Lipinski definition) is 4. The fourth-order valence-corrected chi connectivity index (χ4v) is 3.42. The van der Waals surface area contributed by atoms with Crippen molar-refractivity contribution in [3.05, 3.63) is 24.3 Å². The molecular formula is C12H14F2N2O4S. The lowest BCUT2D eigenvalue weighted by atomic mass is 10.3. The number of halogens is 2. The lowest BCUT2D eigenvalue weighted by Crippen LogP contribution is -2.34. The first kappa shape index (κ1) is 15.6. The molecule has 116 valence electrons. The molecule has 0 bridgehead atoms. The first-order chi connectivity index (χ1) is 9.87. The average Bonchev–Trinajstić information content (AvgIpc) is 2.70. The minimum Gasteiger partial charge on any atom is -0.435 e. The summed E-state index contributed by atoms with van der Waals surface area (Å²) in [7, 11) is -3.33. The predicted octanol–water partition coefficient (Wildman–Crippen LogP) is 1.26. The highest BCUT2D eigenvalue weighted by molar-refractivity contribution is 7.89. The van der Waals surface area contributed by atoms with Gasteiger partial charge in [-0.15, -0.1) is 0 Å². The molecule has 2 rings (SSSR count). The zero-order chi connectivity index (χ0) is 15.5. The fraction of sp³-hybridized carbons (Fsp3) is 0.417. The van der Waals surface area contributed by atoms with Gasteiger partial charge in [0.15, 0.2) is 0 Å². The third-order valence-corrected chi connectivity index (χ3v) is 4.79. The number of alkyl halides is 2. The number of nitrogens with zero attached hydrogens (tertiary/aromatic N) is 1. The maximum absolute atomic E-state index is 12.0. The number of nitrogens with one attached hydrogen (secondary N) is 1. The van der Waals surface area contributed by atoms with Gasteiger partial charge in [0.25, 0.3) is 0 Å². The van der Waals surface area contributed by atoms with Crippen LogP contribution in [0, 0.1) is 0 Å². The highest BCUT2D eigenvalue weighted by Crippen LogP contribution is 2.18. The molecule has 0 radical (unpaired) electrons. The molecule has 1 N–H and O–H groups in total. The van der Waals surface area contributed by atoms with E-state index in [2.05, 4.69) is 10.1 Å². The van der Waals surface area contributed by atoms with Crippen molar-refractivity contribution in [2.45, 2.75) is 13.0 Å². The maximum atomic E-state index is 12.0. The molecule has 1 aliphatic rings. The van der Waals surface area contributed by atoms with Crippen molar-refractivity contribution in [3.63, 3.8) is 0 Å². The fourth-order valence-electron chi connectivity index (χ4n) is 1.95. The summed E-state index contributed by atoms with van der Waals surface area (Å²) in [6.07, 6.45) is 0.509. The van der Waals surface area contributed by atoms with Crippen LogP contribution in [0.5, 0.6) is 5.75 Å². The molecule has 1 aromatic rings. The third kappa shape index (κ3) is 4.36. The standard InChI is InChI=1S/C12H14F2N2O4S/c13-12(14)20-10-4-2-9(3-5-10)15-11(17)8-16-6-1-7-21(16,18)19/h2-5,12H,1,6-8H2,(H,15,17). The van der Waals surface area contributed by atoms with Gasteiger partial charge in [-0.1, -0.05) is 0 Å². The Kier molecular flexibility index (Phi) is 4.73. The van der Waals surface area contributed by atoms with E-state index in [1.54, 1.807) is 0 Å². The van der Waals surface area contributed by atoms with Gasteiger partial charge in [0.05, 0.1) is 12.3 Å². The molecule has 0 atom stereocenters. The molecule has 6 nitrogen and oxygen atoms in total. The Morgan fingerprint density at radius 3 is 2.52 bits per heavy atom. The summed E-state index contributed by atoms with van der Waals surface area (Å²) in [6.45, 7) is -2.83. The Hall–Kier alpha value is -1.74. The Morgan fingerprint density at radius 2 is 2.00 bits per heavy atom. The highest BCUT2D eigenvalue weighted by atomic mass is 32.2. The van der Waals surface area contributed by atoms with Crippen molar-refractivity contribution in [2.75, 3.05) is 24.2 Å².